The molecule has 0 saturated heterocycles. The van der Waals surface area contributed by atoms with Crippen molar-refractivity contribution in [3.05, 3.63) is 22.4 Å². The van der Waals surface area contributed by atoms with E-state index >= 15 is 0 Å². The van der Waals surface area contributed by atoms with E-state index in [9.17, 15) is 9.59 Å². The van der Waals surface area contributed by atoms with Crippen molar-refractivity contribution in [2.24, 2.45) is 0 Å². The largest absolute Gasteiger partial charge is 0.480 e. The lowest BCUT2D eigenvalue weighted by Crippen LogP contribution is -2.51. The number of rotatable bonds is 6. The Morgan fingerprint density at radius 3 is 2.47 bits per heavy atom. The van der Waals surface area contributed by atoms with Crippen LogP contribution in [0.25, 0.3) is 0 Å². The van der Waals surface area contributed by atoms with Gasteiger partial charge in [0.2, 0.25) is 5.91 Å². The predicted molar refractivity (Wildman–Crippen MR) is 75.1 cm³/mol. The molecule has 0 unspecified atom stereocenters. The average molecular weight is 284 g/mol. The van der Waals surface area contributed by atoms with Crippen molar-refractivity contribution in [2.75, 3.05) is 20.6 Å². The Bertz CT molecular complexity index is 443. The van der Waals surface area contributed by atoms with Crippen LogP contribution in [0.15, 0.2) is 17.5 Å². The number of likely N-dealkylation sites (N-methyl/N-ethyl adjacent to an activating group) is 2. The fourth-order valence-corrected chi connectivity index (χ4v) is 2.17. The van der Waals surface area contributed by atoms with E-state index in [-0.39, 0.29) is 12.5 Å². The van der Waals surface area contributed by atoms with E-state index in [0.717, 1.165) is 4.88 Å². The Labute approximate surface area is 117 Å². The van der Waals surface area contributed by atoms with E-state index in [1.165, 1.54) is 0 Å². The van der Waals surface area contributed by atoms with Gasteiger partial charge < -0.3 is 10.0 Å². The highest BCUT2D eigenvalue weighted by atomic mass is 32.1. The molecular weight excluding hydrogens is 264 g/mol. The molecule has 0 fully saturated rings. The molecular formula is C13H20N2O3S. The van der Waals surface area contributed by atoms with Crippen LogP contribution < -0.4 is 0 Å². The van der Waals surface area contributed by atoms with Gasteiger partial charge in [-0.1, -0.05) is 6.07 Å². The Balaban J connectivity index is 2.57. The third-order valence-electron chi connectivity index (χ3n) is 3.25. The molecule has 0 saturated carbocycles. The van der Waals surface area contributed by atoms with Gasteiger partial charge in [0.05, 0.1) is 13.1 Å². The van der Waals surface area contributed by atoms with Crippen LogP contribution in [0.4, 0.5) is 0 Å². The first-order chi connectivity index (χ1) is 8.75. The van der Waals surface area contributed by atoms with Crippen molar-refractivity contribution in [1.29, 1.82) is 0 Å². The zero-order chi connectivity index (χ0) is 14.6. The fourth-order valence-electron chi connectivity index (χ4n) is 1.41. The molecule has 19 heavy (non-hydrogen) atoms. The smallest absolute Gasteiger partial charge is 0.323 e. The fraction of sp³-hybridized carbons (Fsp3) is 0.538. The molecule has 1 aromatic heterocycles. The van der Waals surface area contributed by atoms with E-state index in [2.05, 4.69) is 0 Å². The first kappa shape index (κ1) is 15.7. The Kier molecular flexibility index (Phi) is 5.08. The molecule has 0 aliphatic heterocycles. The quantitative estimate of drug-likeness (QED) is 0.860. The van der Waals surface area contributed by atoms with Gasteiger partial charge in [-0.3, -0.25) is 14.5 Å². The number of carbonyl (C=O) groups is 2. The summed E-state index contributed by atoms with van der Waals surface area (Å²) in [7, 11) is 3.37. The van der Waals surface area contributed by atoms with Gasteiger partial charge in [-0.25, -0.2) is 0 Å². The molecule has 106 valence electrons. The summed E-state index contributed by atoms with van der Waals surface area (Å²) in [4.78, 5) is 27.4. The highest BCUT2D eigenvalue weighted by Crippen LogP contribution is 2.14. The third-order valence-corrected chi connectivity index (χ3v) is 4.11. The lowest BCUT2D eigenvalue weighted by Gasteiger charge is -2.32. The number of hydrogen-bond donors (Lipinski definition) is 1. The molecule has 0 bridgehead atoms. The molecule has 1 N–H and O–H groups in total. The molecule has 0 aliphatic rings. The Morgan fingerprint density at radius 2 is 2.00 bits per heavy atom. The van der Waals surface area contributed by atoms with Crippen LogP contribution >= 0.6 is 11.3 Å². The maximum Gasteiger partial charge on any atom is 0.323 e. The molecule has 0 atom stereocenters. The number of nitrogens with zero attached hydrogens (tertiary/aromatic N) is 2. The summed E-state index contributed by atoms with van der Waals surface area (Å²) in [5, 5.41) is 11.1. The van der Waals surface area contributed by atoms with Gasteiger partial charge in [0.15, 0.2) is 0 Å². The van der Waals surface area contributed by atoms with E-state index in [0.29, 0.717) is 6.54 Å². The topological polar surface area (TPSA) is 60.9 Å². The summed E-state index contributed by atoms with van der Waals surface area (Å²) in [6, 6.07) is 3.91. The molecule has 1 heterocycles. The van der Waals surface area contributed by atoms with Crippen LogP contribution in [-0.4, -0.2) is 53.0 Å². The molecule has 5 nitrogen and oxygen atoms in total. The third kappa shape index (κ3) is 4.04. The van der Waals surface area contributed by atoms with Gasteiger partial charge in [-0.2, -0.15) is 0 Å². The lowest BCUT2D eigenvalue weighted by molar-refractivity contribution is -0.149. The minimum Gasteiger partial charge on any atom is -0.480 e. The summed E-state index contributed by atoms with van der Waals surface area (Å²) < 4.78 is 0. The van der Waals surface area contributed by atoms with Crippen molar-refractivity contribution in [2.45, 2.75) is 25.9 Å². The number of carboxylic acids is 1. The standard InChI is InChI=1S/C13H20N2O3S/c1-13(2,12(17)18)15(4)9-11(16)14(3)8-10-6-5-7-19-10/h5-7H,8-9H2,1-4H3,(H,17,18). The molecule has 1 rings (SSSR count). The second kappa shape index (κ2) is 6.16. The number of hydrogen-bond acceptors (Lipinski definition) is 4. The second-order valence-corrected chi connectivity index (χ2v) is 6.08. The van der Waals surface area contributed by atoms with E-state index in [4.69, 9.17) is 5.11 Å². The summed E-state index contributed by atoms with van der Waals surface area (Å²) >= 11 is 1.60. The predicted octanol–water partition coefficient (Wildman–Crippen LogP) is 1.50. The minimum atomic E-state index is -1.06. The van der Waals surface area contributed by atoms with Crippen molar-refractivity contribution in [3.8, 4) is 0 Å². The summed E-state index contributed by atoms with van der Waals surface area (Å²) in [6.07, 6.45) is 0. The molecule has 0 radical (unpaired) electrons. The number of carbonyl (C=O) groups excluding carboxylic acids is 1. The maximum atomic E-state index is 12.0. The minimum absolute atomic E-state index is 0.0845. The van der Waals surface area contributed by atoms with E-state index in [1.807, 2.05) is 17.5 Å². The number of aliphatic carboxylic acids is 1. The highest BCUT2D eigenvalue weighted by molar-refractivity contribution is 7.09. The van der Waals surface area contributed by atoms with Gasteiger partial charge in [-0.15, -0.1) is 11.3 Å². The zero-order valence-electron chi connectivity index (χ0n) is 11.7. The Hall–Kier alpha value is -1.40. The molecule has 0 aromatic carbocycles. The first-order valence-electron chi connectivity index (χ1n) is 5.96. The zero-order valence-corrected chi connectivity index (χ0v) is 12.5. The van der Waals surface area contributed by atoms with Crippen LogP contribution in [0.2, 0.25) is 0 Å². The van der Waals surface area contributed by atoms with Gasteiger partial charge >= 0.3 is 5.97 Å². The van der Waals surface area contributed by atoms with Gasteiger partial charge in [0, 0.05) is 11.9 Å². The van der Waals surface area contributed by atoms with E-state index < -0.39 is 11.5 Å². The van der Waals surface area contributed by atoms with Gasteiger partial charge in [0.25, 0.3) is 0 Å². The van der Waals surface area contributed by atoms with Crippen molar-refractivity contribution < 1.29 is 14.7 Å². The van der Waals surface area contributed by atoms with Crippen LogP contribution in [0, 0.1) is 0 Å². The monoisotopic (exact) mass is 284 g/mol. The summed E-state index contributed by atoms with van der Waals surface area (Å²) in [6.45, 7) is 3.81. The number of amides is 1. The molecule has 1 amide bonds. The normalized spacial score (nSPS) is 11.6. The molecule has 0 aliphatic carbocycles. The SMILES string of the molecule is CN(Cc1cccs1)C(=O)CN(C)C(C)(C)C(=O)O. The van der Waals surface area contributed by atoms with E-state index in [1.54, 1.807) is 49.1 Å². The van der Waals surface area contributed by atoms with Crippen molar-refractivity contribution in [1.82, 2.24) is 9.80 Å². The summed E-state index contributed by atoms with van der Waals surface area (Å²) in [5.74, 6) is -1.03. The van der Waals surface area contributed by atoms with Crippen LogP contribution in [0.5, 0.6) is 0 Å². The number of thiophene rings is 1. The molecule has 6 heteroatoms. The number of carboxylic acid groups (broad SMARTS) is 1. The van der Waals surface area contributed by atoms with Gasteiger partial charge in [0.1, 0.15) is 5.54 Å². The first-order valence-corrected chi connectivity index (χ1v) is 6.84. The van der Waals surface area contributed by atoms with Gasteiger partial charge in [-0.05, 0) is 32.3 Å². The van der Waals surface area contributed by atoms with Crippen LogP contribution in [0.1, 0.15) is 18.7 Å². The average Bonchev–Trinajstić information content (AvgIpc) is 2.81. The molecule has 0 spiro atoms. The van der Waals surface area contributed by atoms with Crippen LogP contribution in [0.3, 0.4) is 0 Å². The Morgan fingerprint density at radius 1 is 1.37 bits per heavy atom. The lowest BCUT2D eigenvalue weighted by atomic mass is 10.0. The second-order valence-electron chi connectivity index (χ2n) is 5.05. The molecule has 1 aromatic rings. The van der Waals surface area contributed by atoms with Crippen LogP contribution in [-0.2, 0) is 16.1 Å². The van der Waals surface area contributed by atoms with Crippen molar-refractivity contribution >= 4 is 23.2 Å². The van der Waals surface area contributed by atoms with Crippen molar-refractivity contribution in [3.63, 3.8) is 0 Å². The maximum absolute atomic E-state index is 12.0. The summed E-state index contributed by atoms with van der Waals surface area (Å²) in [5.41, 5.74) is -1.06. The highest BCUT2D eigenvalue weighted by Gasteiger charge is 2.33.